The van der Waals surface area contributed by atoms with E-state index in [1.165, 1.54) is 5.69 Å². The van der Waals surface area contributed by atoms with Crippen molar-refractivity contribution in [1.82, 2.24) is 10.2 Å². The summed E-state index contributed by atoms with van der Waals surface area (Å²) >= 11 is 0. The number of guanidine groups is 1. The topological polar surface area (TPSA) is 49.3 Å². The number of anilines is 1. The van der Waals surface area contributed by atoms with Gasteiger partial charge in [-0.3, -0.25) is 4.99 Å². The molecule has 0 amide bonds. The molecule has 6 nitrogen and oxygen atoms in total. The largest absolute Gasteiger partial charge is 0.497 e. The van der Waals surface area contributed by atoms with Gasteiger partial charge in [0.1, 0.15) is 5.75 Å². The van der Waals surface area contributed by atoms with Crippen molar-refractivity contribution in [2.24, 2.45) is 4.99 Å². The van der Waals surface area contributed by atoms with Gasteiger partial charge in [-0.2, -0.15) is 0 Å². The summed E-state index contributed by atoms with van der Waals surface area (Å²) in [5.74, 6) is 1.92. The van der Waals surface area contributed by atoms with Gasteiger partial charge in [0.25, 0.3) is 0 Å². The van der Waals surface area contributed by atoms with Crippen LogP contribution < -0.4 is 15.0 Å². The Hall–Kier alpha value is -1.22. The lowest BCUT2D eigenvalue weighted by Crippen LogP contribution is -2.52. The van der Waals surface area contributed by atoms with Crippen LogP contribution in [-0.4, -0.2) is 69.9 Å². The maximum atomic E-state index is 5.69. The van der Waals surface area contributed by atoms with E-state index in [9.17, 15) is 0 Å². The first-order chi connectivity index (χ1) is 12.3. The monoisotopic (exact) mass is 474 g/mol. The number of piperazine rings is 1. The Morgan fingerprint density at radius 1 is 1.23 bits per heavy atom. The first-order valence-corrected chi connectivity index (χ1v) is 9.34. The molecule has 1 N–H and O–H groups in total. The molecule has 0 aromatic heterocycles. The van der Waals surface area contributed by atoms with Crippen LogP contribution in [-0.2, 0) is 4.74 Å². The third kappa shape index (κ3) is 5.64. The number of rotatable bonds is 5. The molecule has 0 bridgehead atoms. The number of methoxy groups -OCH3 is 1. The molecular weight excluding hydrogens is 443 g/mol. The van der Waals surface area contributed by atoms with Crippen LogP contribution in [0.15, 0.2) is 29.3 Å². The minimum atomic E-state index is 0. The van der Waals surface area contributed by atoms with E-state index in [2.05, 4.69) is 34.2 Å². The van der Waals surface area contributed by atoms with Crippen LogP contribution in [0.5, 0.6) is 5.75 Å². The first kappa shape index (κ1) is 21.1. The predicted molar refractivity (Wildman–Crippen MR) is 117 cm³/mol. The number of benzene rings is 1. The average molecular weight is 474 g/mol. The summed E-state index contributed by atoms with van der Waals surface area (Å²) in [4.78, 5) is 9.59. The number of hydrogen-bond acceptors (Lipinski definition) is 4. The summed E-state index contributed by atoms with van der Waals surface area (Å²) < 4.78 is 10.9. The molecule has 1 unspecified atom stereocenters. The summed E-state index contributed by atoms with van der Waals surface area (Å²) in [6.45, 7) is 8.61. The molecule has 7 heteroatoms. The summed E-state index contributed by atoms with van der Waals surface area (Å²) in [7, 11) is 1.70. The van der Waals surface area contributed by atoms with Crippen molar-refractivity contribution >= 4 is 35.6 Å². The second-order valence-corrected chi connectivity index (χ2v) is 6.50. The summed E-state index contributed by atoms with van der Waals surface area (Å²) in [5, 5.41) is 3.43. The zero-order valence-corrected chi connectivity index (χ0v) is 18.1. The smallest absolute Gasteiger partial charge is 0.194 e. The molecule has 1 aromatic carbocycles. The molecule has 0 aliphatic carbocycles. The normalized spacial score (nSPS) is 20.7. The fourth-order valence-corrected chi connectivity index (χ4v) is 3.37. The van der Waals surface area contributed by atoms with E-state index in [1.807, 2.05) is 12.1 Å². The van der Waals surface area contributed by atoms with E-state index in [-0.39, 0.29) is 24.0 Å². The molecule has 0 spiro atoms. The van der Waals surface area contributed by atoms with E-state index in [0.29, 0.717) is 6.10 Å². The zero-order chi connectivity index (χ0) is 17.5. The second kappa shape index (κ2) is 10.8. The van der Waals surface area contributed by atoms with Gasteiger partial charge in [0, 0.05) is 45.0 Å². The third-order valence-electron chi connectivity index (χ3n) is 4.82. The number of aliphatic imine (C=N–C) groups is 1. The number of nitrogens with one attached hydrogen (secondary N) is 1. The summed E-state index contributed by atoms with van der Waals surface area (Å²) in [5.41, 5.74) is 1.25. The van der Waals surface area contributed by atoms with Crippen LogP contribution in [0.2, 0.25) is 0 Å². The molecule has 146 valence electrons. The van der Waals surface area contributed by atoms with Crippen LogP contribution in [0.4, 0.5) is 5.69 Å². The van der Waals surface area contributed by atoms with Crippen molar-refractivity contribution < 1.29 is 9.47 Å². The molecule has 1 atom stereocenters. The Morgan fingerprint density at radius 2 is 1.96 bits per heavy atom. The van der Waals surface area contributed by atoms with E-state index in [1.54, 1.807) is 7.11 Å². The number of nitrogens with zero attached hydrogens (tertiary/aromatic N) is 3. The Labute approximate surface area is 173 Å². The highest BCUT2D eigenvalue weighted by atomic mass is 127. The highest BCUT2D eigenvalue weighted by Crippen LogP contribution is 2.20. The second-order valence-electron chi connectivity index (χ2n) is 6.50. The van der Waals surface area contributed by atoms with Crippen molar-refractivity contribution in [3.63, 3.8) is 0 Å². The molecule has 3 rings (SSSR count). The summed E-state index contributed by atoms with van der Waals surface area (Å²) in [6.07, 6.45) is 2.60. The zero-order valence-electron chi connectivity index (χ0n) is 15.8. The van der Waals surface area contributed by atoms with Crippen molar-refractivity contribution in [2.45, 2.75) is 25.9 Å². The fraction of sp³-hybridized carbons (Fsp3) is 0.632. The SMILES string of the molecule is CCNC(=NCC1CCCO1)N1CCN(c2ccc(OC)cc2)CC1.I. The molecule has 0 saturated carbocycles. The standard InChI is InChI=1S/C19H30N4O2.HI/c1-3-20-19(21-15-18-5-4-14-25-18)23-12-10-22(11-13-23)16-6-8-17(24-2)9-7-16;/h6-9,18H,3-5,10-15H2,1-2H3,(H,20,21);1H. The van der Waals surface area contributed by atoms with Crippen molar-refractivity contribution in [3.05, 3.63) is 24.3 Å². The van der Waals surface area contributed by atoms with Gasteiger partial charge in [0.15, 0.2) is 5.96 Å². The minimum Gasteiger partial charge on any atom is -0.497 e. The predicted octanol–water partition coefficient (Wildman–Crippen LogP) is 2.58. The molecule has 2 aliphatic rings. The Morgan fingerprint density at radius 3 is 2.54 bits per heavy atom. The van der Waals surface area contributed by atoms with Crippen LogP contribution in [0.25, 0.3) is 0 Å². The minimum absolute atomic E-state index is 0. The third-order valence-corrected chi connectivity index (χ3v) is 4.82. The molecule has 26 heavy (non-hydrogen) atoms. The lowest BCUT2D eigenvalue weighted by molar-refractivity contribution is 0.117. The van der Waals surface area contributed by atoms with Crippen LogP contribution in [0.3, 0.4) is 0 Å². The molecular formula is C19H31IN4O2. The number of hydrogen-bond donors (Lipinski definition) is 1. The highest BCUT2D eigenvalue weighted by Gasteiger charge is 2.21. The number of halogens is 1. The van der Waals surface area contributed by atoms with E-state index < -0.39 is 0 Å². The van der Waals surface area contributed by atoms with Gasteiger partial charge in [-0.25, -0.2) is 0 Å². The van der Waals surface area contributed by atoms with Crippen LogP contribution in [0.1, 0.15) is 19.8 Å². The van der Waals surface area contributed by atoms with Crippen LogP contribution in [0, 0.1) is 0 Å². The Bertz CT molecular complexity index is 553. The Balaban J connectivity index is 0.00000243. The van der Waals surface area contributed by atoms with Gasteiger partial charge in [0.2, 0.25) is 0 Å². The van der Waals surface area contributed by atoms with E-state index >= 15 is 0 Å². The molecule has 2 saturated heterocycles. The maximum absolute atomic E-state index is 5.69. The summed E-state index contributed by atoms with van der Waals surface area (Å²) in [6, 6.07) is 8.31. The first-order valence-electron chi connectivity index (χ1n) is 9.34. The molecule has 2 fully saturated rings. The average Bonchev–Trinajstić information content (AvgIpc) is 3.19. The van der Waals surface area contributed by atoms with Crippen molar-refractivity contribution in [2.75, 3.05) is 57.9 Å². The molecule has 2 heterocycles. The molecule has 2 aliphatic heterocycles. The highest BCUT2D eigenvalue weighted by molar-refractivity contribution is 14.0. The quantitative estimate of drug-likeness (QED) is 0.404. The van der Waals surface area contributed by atoms with E-state index in [4.69, 9.17) is 14.5 Å². The van der Waals surface area contributed by atoms with Gasteiger partial charge in [-0.15, -0.1) is 24.0 Å². The van der Waals surface area contributed by atoms with Gasteiger partial charge in [-0.1, -0.05) is 0 Å². The van der Waals surface area contributed by atoms with Gasteiger partial charge < -0.3 is 24.6 Å². The van der Waals surface area contributed by atoms with Crippen LogP contribution >= 0.6 is 24.0 Å². The van der Waals surface area contributed by atoms with E-state index in [0.717, 1.165) is 70.4 Å². The molecule has 1 aromatic rings. The van der Waals surface area contributed by atoms with Gasteiger partial charge >= 0.3 is 0 Å². The lowest BCUT2D eigenvalue weighted by Gasteiger charge is -2.37. The van der Waals surface area contributed by atoms with Crippen molar-refractivity contribution in [1.29, 1.82) is 0 Å². The number of ether oxygens (including phenoxy) is 2. The lowest BCUT2D eigenvalue weighted by atomic mass is 10.2. The molecule has 0 radical (unpaired) electrons. The van der Waals surface area contributed by atoms with Crippen molar-refractivity contribution in [3.8, 4) is 5.75 Å². The fourth-order valence-electron chi connectivity index (χ4n) is 3.37. The maximum Gasteiger partial charge on any atom is 0.194 e. The Kier molecular flexibility index (Phi) is 8.77. The van der Waals surface area contributed by atoms with Gasteiger partial charge in [0.05, 0.1) is 19.8 Å². The van der Waals surface area contributed by atoms with Gasteiger partial charge in [-0.05, 0) is 44.0 Å².